The molecule has 0 atom stereocenters. The molecular weight excluding hydrogens is 318 g/mol. The van der Waals surface area contributed by atoms with Crippen molar-refractivity contribution < 1.29 is 17.6 Å². The van der Waals surface area contributed by atoms with E-state index in [4.69, 9.17) is 9.15 Å². The maximum atomic E-state index is 12.5. The third-order valence-electron chi connectivity index (χ3n) is 3.77. The predicted molar refractivity (Wildman–Crippen MR) is 84.6 cm³/mol. The molecule has 1 aliphatic rings. The van der Waals surface area contributed by atoms with Crippen LogP contribution in [0.4, 0.5) is 5.69 Å². The van der Waals surface area contributed by atoms with Crippen LogP contribution in [0.2, 0.25) is 0 Å². The van der Waals surface area contributed by atoms with E-state index in [1.807, 2.05) is 6.92 Å². The van der Waals surface area contributed by atoms with Crippen molar-refractivity contribution in [2.75, 3.05) is 31.6 Å². The van der Waals surface area contributed by atoms with Gasteiger partial charge in [0.25, 0.3) is 0 Å². The van der Waals surface area contributed by atoms with Crippen LogP contribution in [0.3, 0.4) is 0 Å². The summed E-state index contributed by atoms with van der Waals surface area (Å²) < 4.78 is 36.8. The van der Waals surface area contributed by atoms with Crippen LogP contribution >= 0.6 is 0 Å². The normalized spacial score (nSPS) is 16.4. The van der Waals surface area contributed by atoms with Gasteiger partial charge in [-0.2, -0.15) is 4.31 Å². The lowest BCUT2D eigenvalue weighted by atomic mass is 10.3. The van der Waals surface area contributed by atoms with Crippen molar-refractivity contribution in [1.29, 1.82) is 0 Å². The smallest absolute Gasteiger partial charge is 0.243 e. The average Bonchev–Trinajstić information content (AvgIpc) is 2.99. The molecular formula is C15H19N3O4S. The van der Waals surface area contributed by atoms with Crippen LogP contribution in [0.1, 0.15) is 11.5 Å². The summed E-state index contributed by atoms with van der Waals surface area (Å²) in [6.45, 7) is 4.05. The van der Waals surface area contributed by atoms with Gasteiger partial charge in [-0.25, -0.2) is 13.4 Å². The molecule has 1 fully saturated rings. The zero-order chi connectivity index (χ0) is 16.3. The van der Waals surface area contributed by atoms with Crippen LogP contribution < -0.4 is 5.32 Å². The number of benzene rings is 1. The number of hydrogen-bond acceptors (Lipinski definition) is 6. The van der Waals surface area contributed by atoms with E-state index in [-0.39, 0.29) is 0 Å². The fourth-order valence-corrected chi connectivity index (χ4v) is 3.77. The molecule has 1 aliphatic heterocycles. The van der Waals surface area contributed by atoms with Gasteiger partial charge in [-0.05, 0) is 31.2 Å². The van der Waals surface area contributed by atoms with Gasteiger partial charge in [0.15, 0.2) is 6.39 Å². The van der Waals surface area contributed by atoms with Gasteiger partial charge in [-0.1, -0.05) is 0 Å². The standard InChI is InChI=1S/C15H19N3O4S/c1-12-15(17-11-22-12)10-16-13-2-4-14(5-3-13)23(19,20)18-6-8-21-9-7-18/h2-5,11,16H,6-10H2,1H3. The molecule has 7 nitrogen and oxygen atoms in total. The first kappa shape index (κ1) is 16.0. The number of oxazole rings is 1. The van der Waals surface area contributed by atoms with Gasteiger partial charge >= 0.3 is 0 Å². The largest absolute Gasteiger partial charge is 0.448 e. The molecule has 1 aromatic carbocycles. The number of sulfonamides is 1. The van der Waals surface area contributed by atoms with Crippen molar-refractivity contribution in [3.05, 3.63) is 42.1 Å². The molecule has 8 heteroatoms. The zero-order valence-electron chi connectivity index (χ0n) is 12.9. The molecule has 1 saturated heterocycles. The molecule has 0 spiro atoms. The van der Waals surface area contributed by atoms with E-state index in [1.54, 1.807) is 24.3 Å². The Labute approximate surface area is 135 Å². The molecule has 1 N–H and O–H groups in total. The summed E-state index contributed by atoms with van der Waals surface area (Å²) in [6, 6.07) is 6.73. The number of nitrogens with zero attached hydrogens (tertiary/aromatic N) is 2. The molecule has 2 heterocycles. The fourth-order valence-electron chi connectivity index (χ4n) is 2.36. The number of hydrogen-bond donors (Lipinski definition) is 1. The minimum Gasteiger partial charge on any atom is -0.448 e. The highest BCUT2D eigenvalue weighted by atomic mass is 32.2. The van der Waals surface area contributed by atoms with Crippen LogP contribution in [0.25, 0.3) is 0 Å². The van der Waals surface area contributed by atoms with Gasteiger partial charge in [0.1, 0.15) is 11.5 Å². The third-order valence-corrected chi connectivity index (χ3v) is 5.68. The Morgan fingerprint density at radius 3 is 2.52 bits per heavy atom. The molecule has 3 rings (SSSR count). The van der Waals surface area contributed by atoms with E-state index < -0.39 is 10.0 Å². The minimum atomic E-state index is -3.45. The van der Waals surface area contributed by atoms with E-state index >= 15 is 0 Å². The Kier molecular flexibility index (Phi) is 4.65. The Bertz CT molecular complexity index is 749. The first-order valence-corrected chi connectivity index (χ1v) is 8.82. The van der Waals surface area contributed by atoms with Gasteiger partial charge in [-0.15, -0.1) is 0 Å². The summed E-state index contributed by atoms with van der Waals surface area (Å²) >= 11 is 0. The van der Waals surface area contributed by atoms with Gasteiger partial charge in [0.05, 0.1) is 24.7 Å². The van der Waals surface area contributed by atoms with Gasteiger partial charge in [0.2, 0.25) is 10.0 Å². The number of nitrogens with one attached hydrogen (secondary N) is 1. The van der Waals surface area contributed by atoms with Crippen molar-refractivity contribution >= 4 is 15.7 Å². The average molecular weight is 337 g/mol. The summed E-state index contributed by atoms with van der Waals surface area (Å²) in [7, 11) is -3.45. The second kappa shape index (κ2) is 6.69. The number of aromatic nitrogens is 1. The van der Waals surface area contributed by atoms with Gasteiger partial charge in [-0.3, -0.25) is 0 Å². The lowest BCUT2D eigenvalue weighted by Gasteiger charge is -2.26. The van der Waals surface area contributed by atoms with Crippen molar-refractivity contribution in [3.63, 3.8) is 0 Å². The Morgan fingerprint density at radius 2 is 1.91 bits per heavy atom. The van der Waals surface area contributed by atoms with Crippen molar-refractivity contribution in [1.82, 2.24) is 9.29 Å². The Hall–Kier alpha value is -1.90. The molecule has 2 aromatic rings. The number of aryl methyl sites for hydroxylation is 1. The maximum Gasteiger partial charge on any atom is 0.243 e. The SMILES string of the molecule is Cc1ocnc1CNc1ccc(S(=O)(=O)N2CCOCC2)cc1. The second-order valence-corrected chi connectivity index (χ2v) is 7.19. The van der Waals surface area contributed by atoms with Crippen molar-refractivity contribution in [2.45, 2.75) is 18.4 Å². The summed E-state index contributed by atoms with van der Waals surface area (Å²) in [4.78, 5) is 4.40. The van der Waals surface area contributed by atoms with Gasteiger partial charge in [0, 0.05) is 18.8 Å². The van der Waals surface area contributed by atoms with Crippen LogP contribution in [-0.4, -0.2) is 44.0 Å². The molecule has 23 heavy (non-hydrogen) atoms. The highest BCUT2D eigenvalue weighted by molar-refractivity contribution is 7.89. The molecule has 0 amide bonds. The van der Waals surface area contributed by atoms with E-state index in [0.717, 1.165) is 17.1 Å². The van der Waals surface area contributed by atoms with Crippen LogP contribution in [0.15, 0.2) is 40.0 Å². The van der Waals surface area contributed by atoms with E-state index in [9.17, 15) is 8.42 Å². The first-order chi connectivity index (χ1) is 11.1. The quantitative estimate of drug-likeness (QED) is 0.892. The monoisotopic (exact) mass is 337 g/mol. The molecule has 0 radical (unpaired) electrons. The first-order valence-electron chi connectivity index (χ1n) is 7.38. The molecule has 0 aliphatic carbocycles. The van der Waals surface area contributed by atoms with E-state index in [2.05, 4.69) is 10.3 Å². The number of anilines is 1. The molecule has 124 valence electrons. The topological polar surface area (TPSA) is 84.7 Å². The van der Waals surface area contributed by atoms with E-state index in [1.165, 1.54) is 10.7 Å². The molecule has 0 saturated carbocycles. The molecule has 1 aromatic heterocycles. The molecule has 0 unspecified atom stereocenters. The minimum absolute atomic E-state index is 0.294. The predicted octanol–water partition coefficient (Wildman–Crippen LogP) is 1.62. The van der Waals surface area contributed by atoms with E-state index in [0.29, 0.717) is 37.7 Å². The highest BCUT2D eigenvalue weighted by Crippen LogP contribution is 2.20. The van der Waals surface area contributed by atoms with Crippen LogP contribution in [-0.2, 0) is 21.3 Å². The maximum absolute atomic E-state index is 12.5. The number of rotatable bonds is 5. The summed E-state index contributed by atoms with van der Waals surface area (Å²) in [6.07, 6.45) is 1.41. The van der Waals surface area contributed by atoms with Crippen molar-refractivity contribution in [3.8, 4) is 0 Å². The van der Waals surface area contributed by atoms with Gasteiger partial charge < -0.3 is 14.5 Å². The lowest BCUT2D eigenvalue weighted by Crippen LogP contribution is -2.40. The summed E-state index contributed by atoms with van der Waals surface area (Å²) in [5, 5.41) is 3.20. The molecule has 0 bridgehead atoms. The van der Waals surface area contributed by atoms with Crippen LogP contribution in [0.5, 0.6) is 0 Å². The third kappa shape index (κ3) is 3.54. The van der Waals surface area contributed by atoms with Crippen molar-refractivity contribution in [2.24, 2.45) is 0 Å². The Morgan fingerprint density at radius 1 is 1.22 bits per heavy atom. The number of morpholine rings is 1. The highest BCUT2D eigenvalue weighted by Gasteiger charge is 2.26. The summed E-state index contributed by atoms with van der Waals surface area (Å²) in [5.74, 6) is 0.768. The fraction of sp³-hybridized carbons (Fsp3) is 0.400. The van der Waals surface area contributed by atoms with Crippen LogP contribution in [0, 0.1) is 6.92 Å². The summed E-state index contributed by atoms with van der Waals surface area (Å²) in [5.41, 5.74) is 1.66. The zero-order valence-corrected chi connectivity index (χ0v) is 13.7. The lowest BCUT2D eigenvalue weighted by molar-refractivity contribution is 0.0730. The number of ether oxygens (including phenoxy) is 1. The Balaban J connectivity index is 1.68. The second-order valence-electron chi connectivity index (χ2n) is 5.25.